The number of nitrogens with two attached hydrogens (primary N) is 1. The van der Waals surface area contributed by atoms with E-state index in [0.29, 0.717) is 6.54 Å². The highest BCUT2D eigenvalue weighted by Crippen LogP contribution is 2.15. The highest BCUT2D eigenvalue weighted by atomic mass is 16.5. The molecule has 0 aliphatic rings. The predicted octanol–water partition coefficient (Wildman–Crippen LogP) is 3.44. The maximum Gasteiger partial charge on any atom is 0.119 e. The molecule has 0 spiro atoms. The maximum absolute atomic E-state index is 5.73. The molecular formula is C18H24N2O. The monoisotopic (exact) mass is 284 g/mol. The van der Waals surface area contributed by atoms with Crippen LogP contribution in [0.5, 0.6) is 5.75 Å². The van der Waals surface area contributed by atoms with Crippen molar-refractivity contribution in [2.45, 2.75) is 19.9 Å². The molecule has 0 aliphatic carbocycles. The summed E-state index contributed by atoms with van der Waals surface area (Å²) in [5, 5.41) is 0. The van der Waals surface area contributed by atoms with Gasteiger partial charge in [0.05, 0.1) is 6.61 Å². The summed E-state index contributed by atoms with van der Waals surface area (Å²) in [5.41, 5.74) is 8.05. The van der Waals surface area contributed by atoms with Crippen LogP contribution in [0.2, 0.25) is 0 Å². The highest BCUT2D eigenvalue weighted by molar-refractivity contribution is 5.47. The van der Waals surface area contributed by atoms with Crippen LogP contribution in [-0.4, -0.2) is 19.7 Å². The number of hydrogen-bond donors (Lipinski definition) is 1. The first-order valence-electron chi connectivity index (χ1n) is 7.55. The van der Waals surface area contributed by atoms with Crippen LogP contribution in [0.15, 0.2) is 54.6 Å². The van der Waals surface area contributed by atoms with Crippen molar-refractivity contribution >= 4 is 5.69 Å². The summed E-state index contributed by atoms with van der Waals surface area (Å²) >= 11 is 0. The first-order valence-corrected chi connectivity index (χ1v) is 7.55. The fourth-order valence-electron chi connectivity index (χ4n) is 2.27. The molecule has 2 N–H and O–H groups in total. The molecule has 0 amide bonds. The molecule has 0 saturated carbocycles. The third-order valence-corrected chi connectivity index (χ3v) is 3.50. The van der Waals surface area contributed by atoms with Crippen LogP contribution in [0, 0.1) is 0 Å². The Kier molecular flexibility index (Phi) is 6.10. The van der Waals surface area contributed by atoms with Crippen LogP contribution in [0.4, 0.5) is 5.69 Å². The van der Waals surface area contributed by atoms with Gasteiger partial charge in [-0.3, -0.25) is 0 Å². The summed E-state index contributed by atoms with van der Waals surface area (Å²) in [7, 11) is 0. The van der Waals surface area contributed by atoms with Gasteiger partial charge < -0.3 is 15.4 Å². The van der Waals surface area contributed by atoms with Crippen molar-refractivity contribution in [3.8, 4) is 5.75 Å². The first kappa shape index (κ1) is 15.4. The molecule has 21 heavy (non-hydrogen) atoms. The van der Waals surface area contributed by atoms with E-state index in [2.05, 4.69) is 36.1 Å². The molecule has 2 rings (SSSR count). The summed E-state index contributed by atoms with van der Waals surface area (Å²) in [6.07, 6.45) is 1.00. The van der Waals surface area contributed by atoms with Crippen LogP contribution < -0.4 is 15.4 Å². The van der Waals surface area contributed by atoms with Gasteiger partial charge in [-0.2, -0.15) is 0 Å². The van der Waals surface area contributed by atoms with Crippen molar-refractivity contribution in [3.05, 3.63) is 60.2 Å². The van der Waals surface area contributed by atoms with E-state index < -0.39 is 0 Å². The van der Waals surface area contributed by atoms with E-state index in [4.69, 9.17) is 10.5 Å². The van der Waals surface area contributed by atoms with Crippen LogP contribution in [0.3, 0.4) is 0 Å². The van der Waals surface area contributed by atoms with Crippen LogP contribution in [0.1, 0.15) is 18.9 Å². The Bertz CT molecular complexity index is 511. The van der Waals surface area contributed by atoms with Gasteiger partial charge >= 0.3 is 0 Å². The molecule has 0 bridgehead atoms. The van der Waals surface area contributed by atoms with Gasteiger partial charge in [-0.05, 0) is 43.2 Å². The molecule has 3 heteroatoms. The molecular weight excluding hydrogens is 260 g/mol. The van der Waals surface area contributed by atoms with E-state index in [0.717, 1.165) is 31.9 Å². The molecule has 0 fully saturated rings. The predicted molar refractivity (Wildman–Crippen MR) is 88.8 cm³/mol. The number of anilines is 1. The maximum atomic E-state index is 5.73. The summed E-state index contributed by atoms with van der Waals surface area (Å²) in [4.78, 5) is 2.36. The average molecular weight is 284 g/mol. The van der Waals surface area contributed by atoms with Crippen molar-refractivity contribution in [3.63, 3.8) is 0 Å². The third-order valence-electron chi connectivity index (χ3n) is 3.50. The highest BCUT2D eigenvalue weighted by Gasteiger charge is 2.04. The molecule has 0 aliphatic heterocycles. The minimum absolute atomic E-state index is 0.595. The number of para-hydroxylation sites is 1. The van der Waals surface area contributed by atoms with Gasteiger partial charge in [-0.1, -0.05) is 30.3 Å². The van der Waals surface area contributed by atoms with Crippen molar-refractivity contribution in [1.29, 1.82) is 0 Å². The number of rotatable bonds is 8. The minimum Gasteiger partial charge on any atom is -0.494 e. The fourth-order valence-corrected chi connectivity index (χ4v) is 2.27. The van der Waals surface area contributed by atoms with E-state index in [-0.39, 0.29) is 0 Å². The zero-order valence-corrected chi connectivity index (χ0v) is 12.7. The van der Waals surface area contributed by atoms with Crippen molar-refractivity contribution in [1.82, 2.24) is 0 Å². The molecule has 0 heterocycles. The largest absolute Gasteiger partial charge is 0.494 e. The van der Waals surface area contributed by atoms with Gasteiger partial charge in [0.25, 0.3) is 0 Å². The molecule has 0 atom stereocenters. The molecule has 0 saturated heterocycles. The van der Waals surface area contributed by atoms with Crippen molar-refractivity contribution in [2.24, 2.45) is 5.73 Å². The van der Waals surface area contributed by atoms with Crippen LogP contribution >= 0.6 is 0 Å². The quantitative estimate of drug-likeness (QED) is 0.755. The molecule has 2 aromatic rings. The number of nitrogens with zero attached hydrogens (tertiary/aromatic N) is 1. The molecule has 0 unspecified atom stereocenters. The summed E-state index contributed by atoms with van der Waals surface area (Å²) in [6, 6.07) is 18.4. The van der Waals surface area contributed by atoms with E-state index in [9.17, 15) is 0 Å². The Morgan fingerprint density at radius 2 is 1.71 bits per heavy atom. The van der Waals surface area contributed by atoms with E-state index in [1.807, 2.05) is 30.3 Å². The summed E-state index contributed by atoms with van der Waals surface area (Å²) in [6.45, 7) is 5.49. The lowest BCUT2D eigenvalue weighted by Gasteiger charge is -2.23. The molecule has 112 valence electrons. The zero-order valence-electron chi connectivity index (χ0n) is 12.7. The Morgan fingerprint density at radius 1 is 1.00 bits per heavy atom. The number of hydrogen-bond acceptors (Lipinski definition) is 3. The Hall–Kier alpha value is -2.00. The van der Waals surface area contributed by atoms with Crippen molar-refractivity contribution in [2.75, 3.05) is 24.6 Å². The summed E-state index contributed by atoms with van der Waals surface area (Å²) < 4.78 is 5.73. The lowest BCUT2D eigenvalue weighted by atomic mass is 10.2. The van der Waals surface area contributed by atoms with Gasteiger partial charge in [0.15, 0.2) is 0 Å². The number of ether oxygens (including phenoxy) is 1. The molecule has 3 nitrogen and oxygen atoms in total. The van der Waals surface area contributed by atoms with E-state index >= 15 is 0 Å². The standard InChI is InChI=1S/C18H24N2O/c1-2-20(17-11-9-16(15-19)10-12-17)13-6-14-21-18-7-4-3-5-8-18/h3-5,7-12H,2,6,13-15,19H2,1H3. The Morgan fingerprint density at radius 3 is 2.33 bits per heavy atom. The second-order valence-electron chi connectivity index (χ2n) is 4.97. The van der Waals surface area contributed by atoms with E-state index in [1.54, 1.807) is 0 Å². The zero-order chi connectivity index (χ0) is 14.9. The average Bonchev–Trinajstić information content (AvgIpc) is 2.56. The fraction of sp³-hybridized carbons (Fsp3) is 0.333. The van der Waals surface area contributed by atoms with Gasteiger partial charge in [-0.25, -0.2) is 0 Å². The van der Waals surface area contributed by atoms with E-state index in [1.165, 1.54) is 11.3 Å². The molecule has 0 aromatic heterocycles. The Balaban J connectivity index is 1.79. The van der Waals surface area contributed by atoms with Gasteiger partial charge in [0.2, 0.25) is 0 Å². The number of benzene rings is 2. The van der Waals surface area contributed by atoms with Crippen LogP contribution in [0.25, 0.3) is 0 Å². The smallest absolute Gasteiger partial charge is 0.119 e. The topological polar surface area (TPSA) is 38.5 Å². The normalized spacial score (nSPS) is 10.4. The SMILES string of the molecule is CCN(CCCOc1ccccc1)c1ccc(CN)cc1. The van der Waals surface area contributed by atoms with Gasteiger partial charge in [0, 0.05) is 25.3 Å². The molecule has 0 radical (unpaired) electrons. The summed E-state index contributed by atoms with van der Waals surface area (Å²) in [5.74, 6) is 0.938. The van der Waals surface area contributed by atoms with Crippen molar-refractivity contribution < 1.29 is 4.74 Å². The second kappa shape index (κ2) is 8.32. The lowest BCUT2D eigenvalue weighted by Crippen LogP contribution is -2.25. The minimum atomic E-state index is 0.595. The second-order valence-corrected chi connectivity index (χ2v) is 4.97. The van der Waals surface area contributed by atoms with Crippen LogP contribution in [-0.2, 0) is 6.54 Å². The third kappa shape index (κ3) is 4.80. The Labute approximate surface area is 127 Å². The van der Waals surface area contributed by atoms with Gasteiger partial charge in [-0.15, -0.1) is 0 Å². The first-order chi connectivity index (χ1) is 10.3. The molecule has 2 aromatic carbocycles. The van der Waals surface area contributed by atoms with Gasteiger partial charge in [0.1, 0.15) is 5.75 Å². The lowest BCUT2D eigenvalue weighted by molar-refractivity contribution is 0.312.